The summed E-state index contributed by atoms with van der Waals surface area (Å²) in [5, 5.41) is 0. The Bertz CT molecular complexity index is 347. The third-order valence-electron chi connectivity index (χ3n) is 4.93. The molecule has 0 unspecified atom stereocenters. The molecule has 0 aromatic carbocycles. The lowest BCUT2D eigenvalue weighted by Crippen LogP contribution is -2.08. The highest BCUT2D eigenvalue weighted by molar-refractivity contribution is 4.90. The van der Waals surface area contributed by atoms with E-state index in [2.05, 4.69) is 76.3 Å². The minimum Gasteiger partial charge on any atom is -0.0885 e. The Balaban J connectivity index is 3.79. The third-order valence-corrected chi connectivity index (χ3v) is 4.93. The van der Waals surface area contributed by atoms with E-state index >= 15 is 0 Å². The zero-order valence-electron chi connectivity index (χ0n) is 18.3. The van der Waals surface area contributed by atoms with Crippen molar-refractivity contribution in [3.63, 3.8) is 0 Å². The summed E-state index contributed by atoms with van der Waals surface area (Å²) in [5.41, 5.74) is 0. The molecule has 0 radical (unpaired) electrons. The van der Waals surface area contributed by atoms with Crippen LogP contribution in [-0.4, -0.2) is 0 Å². The highest BCUT2D eigenvalue weighted by atomic mass is 14.2. The standard InChI is InChI=1S/C26H46/c1-5-7-9-11-13-15-17-19-21-23-26(25(3)4)24-22-20-18-16-14-12-10-8-6-2/h9-12,17-20,25-26H,5-8,13-16,21-24H2,1-4H3/b11-9+,12-10+,19-17+,20-18+. The van der Waals surface area contributed by atoms with Gasteiger partial charge in [0, 0.05) is 0 Å². The van der Waals surface area contributed by atoms with E-state index in [-0.39, 0.29) is 0 Å². The number of hydrogen-bond acceptors (Lipinski definition) is 0. The second kappa shape index (κ2) is 20.3. The molecular formula is C26H46. The Morgan fingerprint density at radius 1 is 0.462 bits per heavy atom. The number of allylic oxidation sites excluding steroid dienone is 8. The maximum Gasteiger partial charge on any atom is -0.0316 e. The van der Waals surface area contributed by atoms with Crippen LogP contribution in [0.4, 0.5) is 0 Å². The maximum atomic E-state index is 2.40. The van der Waals surface area contributed by atoms with E-state index in [0.717, 1.165) is 11.8 Å². The fourth-order valence-corrected chi connectivity index (χ4v) is 3.09. The molecule has 150 valence electrons. The smallest absolute Gasteiger partial charge is 0.0316 e. The molecule has 0 rings (SSSR count). The van der Waals surface area contributed by atoms with E-state index in [1.807, 2.05) is 0 Å². The lowest BCUT2D eigenvalue weighted by Gasteiger charge is -2.19. The monoisotopic (exact) mass is 358 g/mol. The van der Waals surface area contributed by atoms with Gasteiger partial charge in [0.15, 0.2) is 0 Å². The van der Waals surface area contributed by atoms with Crippen molar-refractivity contribution in [3.8, 4) is 0 Å². The van der Waals surface area contributed by atoms with Gasteiger partial charge in [-0.05, 0) is 76.0 Å². The van der Waals surface area contributed by atoms with Gasteiger partial charge in [-0.15, -0.1) is 0 Å². The molecule has 0 saturated carbocycles. The lowest BCUT2D eigenvalue weighted by molar-refractivity contribution is 0.341. The van der Waals surface area contributed by atoms with Crippen LogP contribution >= 0.6 is 0 Å². The van der Waals surface area contributed by atoms with Gasteiger partial charge in [0.05, 0.1) is 0 Å². The molecule has 0 aliphatic carbocycles. The Hall–Kier alpha value is -1.04. The highest BCUT2D eigenvalue weighted by Gasteiger charge is 2.11. The van der Waals surface area contributed by atoms with Gasteiger partial charge in [-0.1, -0.05) is 89.1 Å². The molecule has 0 aromatic rings. The van der Waals surface area contributed by atoms with Crippen molar-refractivity contribution in [3.05, 3.63) is 48.6 Å². The molecule has 26 heavy (non-hydrogen) atoms. The summed E-state index contributed by atoms with van der Waals surface area (Å²) in [6, 6.07) is 0. The van der Waals surface area contributed by atoms with Crippen molar-refractivity contribution in [2.75, 3.05) is 0 Å². The van der Waals surface area contributed by atoms with Gasteiger partial charge in [0.1, 0.15) is 0 Å². The lowest BCUT2D eigenvalue weighted by atomic mass is 9.87. The van der Waals surface area contributed by atoms with Crippen LogP contribution in [-0.2, 0) is 0 Å². The van der Waals surface area contributed by atoms with Crippen LogP contribution in [0.3, 0.4) is 0 Å². The van der Waals surface area contributed by atoms with Crippen LogP contribution in [0.5, 0.6) is 0 Å². The summed E-state index contributed by atoms with van der Waals surface area (Å²) >= 11 is 0. The maximum absolute atomic E-state index is 2.40. The summed E-state index contributed by atoms with van der Waals surface area (Å²) in [6.07, 6.45) is 33.8. The van der Waals surface area contributed by atoms with Gasteiger partial charge in [0.2, 0.25) is 0 Å². The van der Waals surface area contributed by atoms with Crippen LogP contribution in [0, 0.1) is 11.8 Å². The zero-order chi connectivity index (χ0) is 19.3. The van der Waals surface area contributed by atoms with E-state index < -0.39 is 0 Å². The molecule has 0 aliphatic rings. The second-order valence-corrected chi connectivity index (χ2v) is 7.78. The van der Waals surface area contributed by atoms with E-state index in [4.69, 9.17) is 0 Å². The SMILES string of the molecule is CCC/C=C/CC/C=C/CCC(CC/C=C/CC/C=C/CCC)C(C)C. The fourth-order valence-electron chi connectivity index (χ4n) is 3.09. The van der Waals surface area contributed by atoms with Crippen molar-refractivity contribution in [1.29, 1.82) is 0 Å². The molecule has 0 amide bonds. The number of hydrogen-bond donors (Lipinski definition) is 0. The molecule has 0 heterocycles. The van der Waals surface area contributed by atoms with Crippen LogP contribution in [0.15, 0.2) is 48.6 Å². The highest BCUT2D eigenvalue weighted by Crippen LogP contribution is 2.23. The average molecular weight is 359 g/mol. The topological polar surface area (TPSA) is 0 Å². The third kappa shape index (κ3) is 17.8. The first-order valence-electron chi connectivity index (χ1n) is 11.3. The first-order valence-corrected chi connectivity index (χ1v) is 11.3. The molecule has 0 spiro atoms. The van der Waals surface area contributed by atoms with Gasteiger partial charge in [-0.3, -0.25) is 0 Å². The van der Waals surface area contributed by atoms with Gasteiger partial charge in [0.25, 0.3) is 0 Å². The zero-order valence-corrected chi connectivity index (χ0v) is 18.3. The van der Waals surface area contributed by atoms with Gasteiger partial charge < -0.3 is 0 Å². The van der Waals surface area contributed by atoms with E-state index in [1.54, 1.807) is 0 Å². The van der Waals surface area contributed by atoms with Gasteiger partial charge in [-0.25, -0.2) is 0 Å². The van der Waals surface area contributed by atoms with Crippen LogP contribution in [0.25, 0.3) is 0 Å². The molecular weight excluding hydrogens is 312 g/mol. The molecule has 0 nitrogen and oxygen atoms in total. The molecule has 0 aliphatic heterocycles. The van der Waals surface area contributed by atoms with E-state index in [9.17, 15) is 0 Å². The number of rotatable bonds is 17. The van der Waals surface area contributed by atoms with E-state index in [0.29, 0.717) is 0 Å². The van der Waals surface area contributed by atoms with Crippen LogP contribution < -0.4 is 0 Å². The Morgan fingerprint density at radius 2 is 0.769 bits per heavy atom. The largest absolute Gasteiger partial charge is 0.0885 e. The molecule has 0 fully saturated rings. The predicted molar refractivity (Wildman–Crippen MR) is 122 cm³/mol. The fraction of sp³-hybridized carbons (Fsp3) is 0.692. The second-order valence-electron chi connectivity index (χ2n) is 7.78. The van der Waals surface area contributed by atoms with Crippen molar-refractivity contribution < 1.29 is 0 Å². The van der Waals surface area contributed by atoms with Crippen molar-refractivity contribution in [1.82, 2.24) is 0 Å². The van der Waals surface area contributed by atoms with Crippen LogP contribution in [0.2, 0.25) is 0 Å². The summed E-state index contributed by atoms with van der Waals surface area (Å²) in [7, 11) is 0. The van der Waals surface area contributed by atoms with Gasteiger partial charge in [-0.2, -0.15) is 0 Å². The number of unbranched alkanes of at least 4 members (excludes halogenated alkanes) is 4. The predicted octanol–water partition coefficient (Wildman–Crippen LogP) is 9.20. The minimum absolute atomic E-state index is 0.797. The molecule has 0 heteroatoms. The molecule has 0 bridgehead atoms. The molecule has 0 N–H and O–H groups in total. The summed E-state index contributed by atoms with van der Waals surface area (Å²) in [4.78, 5) is 0. The molecule has 0 aromatic heterocycles. The average Bonchev–Trinajstić information content (AvgIpc) is 2.63. The quantitative estimate of drug-likeness (QED) is 0.179. The van der Waals surface area contributed by atoms with Gasteiger partial charge >= 0.3 is 0 Å². The molecule has 0 saturated heterocycles. The van der Waals surface area contributed by atoms with Crippen molar-refractivity contribution in [2.24, 2.45) is 11.8 Å². The Kier molecular flexibility index (Phi) is 19.5. The normalized spacial score (nSPS) is 13.0. The summed E-state index contributed by atoms with van der Waals surface area (Å²) in [6.45, 7) is 9.23. The Labute approximate surface area is 165 Å². The molecule has 0 atom stereocenters. The van der Waals surface area contributed by atoms with Crippen molar-refractivity contribution in [2.45, 2.75) is 105 Å². The first-order chi connectivity index (χ1) is 12.7. The van der Waals surface area contributed by atoms with Crippen molar-refractivity contribution >= 4 is 0 Å². The Morgan fingerprint density at radius 3 is 1.08 bits per heavy atom. The minimum atomic E-state index is 0.797. The summed E-state index contributed by atoms with van der Waals surface area (Å²) in [5.74, 6) is 1.66. The summed E-state index contributed by atoms with van der Waals surface area (Å²) < 4.78 is 0. The van der Waals surface area contributed by atoms with Crippen LogP contribution in [0.1, 0.15) is 105 Å². The van der Waals surface area contributed by atoms with E-state index in [1.165, 1.54) is 77.0 Å². The first kappa shape index (κ1) is 25.0.